The molecule has 0 aliphatic carbocycles. The van der Waals surface area contributed by atoms with Gasteiger partial charge in [-0.05, 0) is 37.6 Å². The molecule has 0 atom stereocenters. The van der Waals surface area contributed by atoms with Crippen molar-refractivity contribution < 1.29 is 14.7 Å². The number of nitrogens with zero attached hydrogens (tertiary/aromatic N) is 1. The minimum atomic E-state index is -0.908. The minimum absolute atomic E-state index is 0.0481. The molecule has 0 unspecified atom stereocenters. The molecule has 1 amide bonds. The SMILES string of the molecule is CCN(CCC(=O)O)C(=O)c1ccc(N)c(C)c1. The lowest BCUT2D eigenvalue weighted by Crippen LogP contribution is -2.32. The van der Waals surface area contributed by atoms with Crippen LogP contribution >= 0.6 is 0 Å². The molecular formula is C13H18N2O3. The first-order valence-corrected chi connectivity index (χ1v) is 5.83. The lowest BCUT2D eigenvalue weighted by molar-refractivity contribution is -0.137. The monoisotopic (exact) mass is 250 g/mol. The van der Waals surface area contributed by atoms with Crippen LogP contribution in [0.3, 0.4) is 0 Å². The molecule has 0 spiro atoms. The number of carbonyl (C=O) groups excluding carboxylic acids is 1. The van der Waals surface area contributed by atoms with Crippen LogP contribution in [0.4, 0.5) is 5.69 Å². The van der Waals surface area contributed by atoms with Crippen molar-refractivity contribution in [3.8, 4) is 0 Å². The van der Waals surface area contributed by atoms with Gasteiger partial charge in [0.15, 0.2) is 0 Å². The predicted octanol–water partition coefficient (Wildman–Crippen LogP) is 1.51. The second-order valence-corrected chi connectivity index (χ2v) is 4.10. The van der Waals surface area contributed by atoms with Gasteiger partial charge in [0.2, 0.25) is 0 Å². The lowest BCUT2D eigenvalue weighted by Gasteiger charge is -2.20. The van der Waals surface area contributed by atoms with Gasteiger partial charge >= 0.3 is 5.97 Å². The summed E-state index contributed by atoms with van der Waals surface area (Å²) < 4.78 is 0. The first kappa shape index (κ1) is 14.0. The summed E-state index contributed by atoms with van der Waals surface area (Å²) in [5.41, 5.74) is 7.71. The number of carboxylic acid groups (broad SMARTS) is 1. The third-order valence-electron chi connectivity index (χ3n) is 2.78. The van der Waals surface area contributed by atoms with Gasteiger partial charge in [-0.2, -0.15) is 0 Å². The summed E-state index contributed by atoms with van der Waals surface area (Å²) in [5.74, 6) is -1.07. The second kappa shape index (κ2) is 6.05. The quantitative estimate of drug-likeness (QED) is 0.776. The van der Waals surface area contributed by atoms with Gasteiger partial charge in [0, 0.05) is 24.3 Å². The number of carbonyl (C=O) groups is 2. The van der Waals surface area contributed by atoms with E-state index in [1.165, 1.54) is 4.90 Å². The van der Waals surface area contributed by atoms with E-state index < -0.39 is 5.97 Å². The number of anilines is 1. The van der Waals surface area contributed by atoms with Gasteiger partial charge < -0.3 is 15.7 Å². The number of benzene rings is 1. The molecule has 0 aliphatic rings. The van der Waals surface area contributed by atoms with Gasteiger partial charge in [0.25, 0.3) is 5.91 Å². The maximum Gasteiger partial charge on any atom is 0.305 e. The molecule has 0 heterocycles. The molecule has 1 aromatic carbocycles. The molecule has 0 aromatic heterocycles. The molecule has 0 saturated carbocycles. The van der Waals surface area contributed by atoms with E-state index in [1.807, 2.05) is 13.8 Å². The third kappa shape index (κ3) is 3.48. The Balaban J connectivity index is 2.82. The number of carboxylic acids is 1. The largest absolute Gasteiger partial charge is 0.481 e. The van der Waals surface area contributed by atoms with Gasteiger partial charge in [-0.15, -0.1) is 0 Å². The highest BCUT2D eigenvalue weighted by Crippen LogP contribution is 2.14. The van der Waals surface area contributed by atoms with Crippen molar-refractivity contribution in [3.05, 3.63) is 29.3 Å². The normalized spacial score (nSPS) is 10.1. The molecule has 98 valence electrons. The zero-order chi connectivity index (χ0) is 13.7. The number of amides is 1. The van der Waals surface area contributed by atoms with E-state index in [2.05, 4.69) is 0 Å². The molecule has 3 N–H and O–H groups in total. The van der Waals surface area contributed by atoms with Crippen LogP contribution < -0.4 is 5.73 Å². The zero-order valence-electron chi connectivity index (χ0n) is 10.6. The summed E-state index contributed by atoms with van der Waals surface area (Å²) in [5, 5.41) is 8.64. The second-order valence-electron chi connectivity index (χ2n) is 4.10. The molecule has 0 aliphatic heterocycles. The van der Waals surface area contributed by atoms with Crippen LogP contribution in [-0.2, 0) is 4.79 Å². The number of rotatable bonds is 5. The number of nitrogen functional groups attached to an aromatic ring is 1. The Morgan fingerprint density at radius 3 is 2.56 bits per heavy atom. The summed E-state index contributed by atoms with van der Waals surface area (Å²) in [6.07, 6.45) is -0.0481. The molecule has 0 fully saturated rings. The van der Waals surface area contributed by atoms with Crippen molar-refractivity contribution in [2.75, 3.05) is 18.8 Å². The van der Waals surface area contributed by atoms with E-state index in [4.69, 9.17) is 10.8 Å². The van der Waals surface area contributed by atoms with Crippen molar-refractivity contribution in [1.82, 2.24) is 4.90 Å². The van der Waals surface area contributed by atoms with E-state index >= 15 is 0 Å². The molecular weight excluding hydrogens is 232 g/mol. The van der Waals surface area contributed by atoms with Gasteiger partial charge in [-0.25, -0.2) is 0 Å². The van der Waals surface area contributed by atoms with E-state index in [-0.39, 0.29) is 18.9 Å². The third-order valence-corrected chi connectivity index (χ3v) is 2.78. The summed E-state index contributed by atoms with van der Waals surface area (Å²) in [4.78, 5) is 24.2. The molecule has 5 heteroatoms. The van der Waals surface area contributed by atoms with E-state index in [0.29, 0.717) is 17.8 Å². The molecule has 5 nitrogen and oxygen atoms in total. The van der Waals surface area contributed by atoms with Crippen LogP contribution in [0.15, 0.2) is 18.2 Å². The Bertz CT molecular complexity index is 458. The summed E-state index contributed by atoms with van der Waals surface area (Å²) in [6.45, 7) is 4.35. The fraction of sp³-hybridized carbons (Fsp3) is 0.385. The lowest BCUT2D eigenvalue weighted by atomic mass is 10.1. The average Bonchev–Trinajstić information content (AvgIpc) is 2.32. The maximum absolute atomic E-state index is 12.1. The molecule has 1 rings (SSSR count). The molecule has 0 saturated heterocycles. The smallest absolute Gasteiger partial charge is 0.305 e. The standard InChI is InChI=1S/C13H18N2O3/c1-3-15(7-6-12(16)17)13(18)10-4-5-11(14)9(2)8-10/h4-5,8H,3,6-7,14H2,1-2H3,(H,16,17). The Kier molecular flexibility index (Phi) is 4.71. The summed E-state index contributed by atoms with van der Waals surface area (Å²) in [6, 6.07) is 5.07. The van der Waals surface area contributed by atoms with Gasteiger partial charge in [0.05, 0.1) is 6.42 Å². The fourth-order valence-electron chi connectivity index (χ4n) is 1.63. The zero-order valence-corrected chi connectivity index (χ0v) is 10.6. The fourth-order valence-corrected chi connectivity index (χ4v) is 1.63. The van der Waals surface area contributed by atoms with Gasteiger partial charge in [-0.3, -0.25) is 9.59 Å². The summed E-state index contributed by atoms with van der Waals surface area (Å²) >= 11 is 0. The van der Waals surface area contributed by atoms with Crippen molar-refractivity contribution in [3.63, 3.8) is 0 Å². The van der Waals surface area contributed by atoms with Crippen LogP contribution in [-0.4, -0.2) is 35.0 Å². The van der Waals surface area contributed by atoms with Crippen LogP contribution in [0.1, 0.15) is 29.3 Å². The number of hydrogen-bond acceptors (Lipinski definition) is 3. The van der Waals surface area contributed by atoms with Gasteiger partial charge in [-0.1, -0.05) is 0 Å². The predicted molar refractivity (Wildman–Crippen MR) is 69.4 cm³/mol. The van der Waals surface area contributed by atoms with E-state index in [1.54, 1.807) is 18.2 Å². The van der Waals surface area contributed by atoms with Gasteiger partial charge in [0.1, 0.15) is 0 Å². The first-order chi connectivity index (χ1) is 8.45. The van der Waals surface area contributed by atoms with E-state index in [9.17, 15) is 9.59 Å². The Morgan fingerprint density at radius 1 is 1.39 bits per heavy atom. The number of aryl methyl sites for hydroxylation is 1. The van der Waals surface area contributed by atoms with Crippen molar-refractivity contribution in [2.45, 2.75) is 20.3 Å². The highest BCUT2D eigenvalue weighted by atomic mass is 16.4. The molecule has 18 heavy (non-hydrogen) atoms. The topological polar surface area (TPSA) is 83.6 Å². The Hall–Kier alpha value is -2.04. The minimum Gasteiger partial charge on any atom is -0.481 e. The number of hydrogen-bond donors (Lipinski definition) is 2. The molecule has 1 aromatic rings. The van der Waals surface area contributed by atoms with Crippen LogP contribution in [0.2, 0.25) is 0 Å². The summed E-state index contributed by atoms with van der Waals surface area (Å²) in [7, 11) is 0. The highest BCUT2D eigenvalue weighted by molar-refractivity contribution is 5.95. The number of aliphatic carboxylic acids is 1. The van der Waals surface area contributed by atoms with Crippen molar-refractivity contribution >= 4 is 17.6 Å². The Morgan fingerprint density at radius 2 is 2.06 bits per heavy atom. The molecule has 0 radical (unpaired) electrons. The average molecular weight is 250 g/mol. The Labute approximate surface area is 106 Å². The first-order valence-electron chi connectivity index (χ1n) is 5.83. The van der Waals surface area contributed by atoms with Crippen molar-refractivity contribution in [1.29, 1.82) is 0 Å². The van der Waals surface area contributed by atoms with Crippen LogP contribution in [0.25, 0.3) is 0 Å². The van der Waals surface area contributed by atoms with Crippen molar-refractivity contribution in [2.24, 2.45) is 0 Å². The van der Waals surface area contributed by atoms with E-state index in [0.717, 1.165) is 5.56 Å². The highest BCUT2D eigenvalue weighted by Gasteiger charge is 2.15. The maximum atomic E-state index is 12.1. The number of nitrogens with two attached hydrogens (primary N) is 1. The van der Waals surface area contributed by atoms with Crippen LogP contribution in [0.5, 0.6) is 0 Å². The molecule has 0 bridgehead atoms. The van der Waals surface area contributed by atoms with Crippen LogP contribution in [0, 0.1) is 6.92 Å².